The lowest BCUT2D eigenvalue weighted by Gasteiger charge is -2.15. The van der Waals surface area contributed by atoms with Crippen LogP contribution in [-0.4, -0.2) is 40.0 Å². The molecule has 172 valence electrons. The van der Waals surface area contributed by atoms with E-state index in [9.17, 15) is 14.7 Å². The molecule has 8 heteroatoms. The van der Waals surface area contributed by atoms with Gasteiger partial charge in [0.05, 0.1) is 24.4 Å². The fourth-order valence-electron chi connectivity index (χ4n) is 3.82. The van der Waals surface area contributed by atoms with Crippen LogP contribution in [0.25, 0.3) is 0 Å². The number of aromatic nitrogens is 2. The number of ether oxygens (including phenoxy) is 2. The van der Waals surface area contributed by atoms with Crippen molar-refractivity contribution in [1.82, 2.24) is 9.55 Å². The van der Waals surface area contributed by atoms with E-state index in [0.29, 0.717) is 12.2 Å². The highest BCUT2D eigenvalue weighted by molar-refractivity contribution is 5.04. The molecule has 1 fully saturated rings. The van der Waals surface area contributed by atoms with Crippen molar-refractivity contribution in [3.05, 3.63) is 32.6 Å². The number of hydrogen-bond donors (Lipinski definition) is 3. The normalized spacial score (nSPS) is 21.4. The Morgan fingerprint density at radius 3 is 2.37 bits per heavy atom. The van der Waals surface area contributed by atoms with Gasteiger partial charge in [0.15, 0.2) is 0 Å². The van der Waals surface area contributed by atoms with Crippen LogP contribution in [0, 0.1) is 0 Å². The third kappa shape index (κ3) is 7.98. The molecule has 4 N–H and O–H groups in total. The van der Waals surface area contributed by atoms with E-state index in [4.69, 9.17) is 15.2 Å². The topological polar surface area (TPSA) is 120 Å². The lowest BCUT2D eigenvalue weighted by Crippen LogP contribution is -2.34. The molecule has 30 heavy (non-hydrogen) atoms. The molecule has 2 heterocycles. The Morgan fingerprint density at radius 1 is 1.13 bits per heavy atom. The van der Waals surface area contributed by atoms with E-state index in [1.807, 2.05) is 0 Å². The van der Waals surface area contributed by atoms with Gasteiger partial charge in [-0.25, -0.2) is 4.79 Å². The molecular formula is C22H39N3O5. The first-order valence-corrected chi connectivity index (χ1v) is 11.5. The van der Waals surface area contributed by atoms with E-state index < -0.39 is 29.7 Å². The second-order valence-electron chi connectivity index (χ2n) is 8.22. The summed E-state index contributed by atoms with van der Waals surface area (Å²) in [6.07, 6.45) is 12.4. The minimum atomic E-state index is -0.727. The summed E-state index contributed by atoms with van der Waals surface area (Å²) >= 11 is 0. The molecule has 0 aliphatic carbocycles. The van der Waals surface area contributed by atoms with Crippen molar-refractivity contribution in [1.29, 1.82) is 0 Å². The first-order chi connectivity index (χ1) is 14.6. The molecule has 1 aromatic rings. The average molecular weight is 426 g/mol. The molecule has 3 atom stereocenters. The standard InChI is InChI=1S/C22H39N3O5/c1-2-3-4-5-6-7-8-9-10-11-12-29-16-17-15-25(22(28)24-21(17)27)20-13-18(26)19(14-23)30-20/h15,18-20,26H,2-14,16,23H2,1H3,(H,24,27,28)/t18-,19+,20+/m0/s1. The fraction of sp³-hybridized carbons (Fsp3) is 0.818. The number of aromatic amines is 1. The predicted octanol–water partition coefficient (Wildman–Crippen LogP) is 2.58. The summed E-state index contributed by atoms with van der Waals surface area (Å²) < 4.78 is 12.6. The summed E-state index contributed by atoms with van der Waals surface area (Å²) in [7, 11) is 0. The molecule has 0 bridgehead atoms. The third-order valence-electron chi connectivity index (χ3n) is 5.69. The highest BCUT2D eigenvalue weighted by Crippen LogP contribution is 2.26. The molecule has 0 radical (unpaired) electrons. The van der Waals surface area contributed by atoms with E-state index in [0.717, 1.165) is 12.8 Å². The van der Waals surface area contributed by atoms with Crippen molar-refractivity contribution >= 4 is 0 Å². The van der Waals surface area contributed by atoms with Crippen LogP contribution < -0.4 is 17.0 Å². The molecule has 0 saturated carbocycles. The molecule has 1 aliphatic rings. The van der Waals surface area contributed by atoms with Crippen molar-refractivity contribution < 1.29 is 14.6 Å². The Bertz CT molecular complexity index is 717. The van der Waals surface area contributed by atoms with E-state index >= 15 is 0 Å². The van der Waals surface area contributed by atoms with Crippen LogP contribution in [0.4, 0.5) is 0 Å². The largest absolute Gasteiger partial charge is 0.390 e. The van der Waals surface area contributed by atoms with Gasteiger partial charge >= 0.3 is 5.69 Å². The third-order valence-corrected chi connectivity index (χ3v) is 5.69. The van der Waals surface area contributed by atoms with E-state index in [1.165, 1.54) is 62.1 Å². The summed E-state index contributed by atoms with van der Waals surface area (Å²) in [5.74, 6) is 0. The van der Waals surface area contributed by atoms with Gasteiger partial charge in [-0.15, -0.1) is 0 Å². The Morgan fingerprint density at radius 2 is 1.77 bits per heavy atom. The molecule has 8 nitrogen and oxygen atoms in total. The first-order valence-electron chi connectivity index (χ1n) is 11.5. The maximum Gasteiger partial charge on any atom is 0.330 e. The van der Waals surface area contributed by atoms with Gasteiger partial charge in [0.1, 0.15) is 6.23 Å². The van der Waals surface area contributed by atoms with Crippen LogP contribution in [0.15, 0.2) is 15.8 Å². The summed E-state index contributed by atoms with van der Waals surface area (Å²) in [5.41, 5.74) is 4.92. The minimum Gasteiger partial charge on any atom is -0.390 e. The zero-order chi connectivity index (χ0) is 21.8. The summed E-state index contributed by atoms with van der Waals surface area (Å²) in [5, 5.41) is 9.94. The van der Waals surface area contributed by atoms with Crippen LogP contribution in [0.1, 0.15) is 89.3 Å². The van der Waals surface area contributed by atoms with E-state index in [2.05, 4.69) is 11.9 Å². The highest BCUT2D eigenvalue weighted by atomic mass is 16.5. The van der Waals surface area contributed by atoms with Gasteiger partial charge in [0, 0.05) is 25.8 Å². The number of unbranched alkanes of at least 4 members (excludes halogenated alkanes) is 9. The number of aliphatic hydroxyl groups is 1. The quantitative estimate of drug-likeness (QED) is 0.372. The van der Waals surface area contributed by atoms with Crippen molar-refractivity contribution in [3.63, 3.8) is 0 Å². The number of rotatable bonds is 15. The zero-order valence-electron chi connectivity index (χ0n) is 18.3. The molecule has 0 amide bonds. The van der Waals surface area contributed by atoms with Crippen LogP contribution in [0.5, 0.6) is 0 Å². The maximum absolute atomic E-state index is 12.1. The number of H-pyrrole nitrogens is 1. The molecule has 1 aromatic heterocycles. The average Bonchev–Trinajstić information content (AvgIpc) is 3.10. The number of nitrogens with zero attached hydrogens (tertiary/aromatic N) is 1. The Balaban J connectivity index is 1.67. The van der Waals surface area contributed by atoms with Crippen molar-refractivity contribution in [3.8, 4) is 0 Å². The molecular weight excluding hydrogens is 386 g/mol. The smallest absolute Gasteiger partial charge is 0.330 e. The van der Waals surface area contributed by atoms with Gasteiger partial charge < -0.3 is 20.3 Å². The number of aliphatic hydroxyl groups excluding tert-OH is 1. The fourth-order valence-corrected chi connectivity index (χ4v) is 3.82. The van der Waals surface area contributed by atoms with Crippen molar-refractivity contribution in [2.75, 3.05) is 13.2 Å². The maximum atomic E-state index is 12.1. The molecule has 0 aromatic carbocycles. The van der Waals surface area contributed by atoms with Crippen molar-refractivity contribution in [2.45, 2.75) is 103 Å². The van der Waals surface area contributed by atoms with Gasteiger partial charge in [-0.1, -0.05) is 64.7 Å². The van der Waals surface area contributed by atoms with E-state index in [-0.39, 0.29) is 19.6 Å². The van der Waals surface area contributed by atoms with Crippen LogP contribution in [0.2, 0.25) is 0 Å². The highest BCUT2D eigenvalue weighted by Gasteiger charge is 2.34. The lowest BCUT2D eigenvalue weighted by molar-refractivity contribution is -0.0154. The predicted molar refractivity (Wildman–Crippen MR) is 116 cm³/mol. The van der Waals surface area contributed by atoms with Crippen LogP contribution in [0.3, 0.4) is 0 Å². The van der Waals surface area contributed by atoms with Crippen LogP contribution >= 0.6 is 0 Å². The van der Waals surface area contributed by atoms with Gasteiger partial charge in [-0.2, -0.15) is 0 Å². The Labute approximate surface area is 178 Å². The molecule has 2 rings (SSSR count). The Hall–Kier alpha value is -1.48. The number of nitrogens with one attached hydrogen (secondary N) is 1. The first kappa shape index (κ1) is 24.8. The number of hydrogen-bond acceptors (Lipinski definition) is 6. The van der Waals surface area contributed by atoms with Gasteiger partial charge in [0.25, 0.3) is 5.56 Å². The van der Waals surface area contributed by atoms with E-state index in [1.54, 1.807) is 0 Å². The van der Waals surface area contributed by atoms with Gasteiger partial charge in [-0.3, -0.25) is 14.3 Å². The van der Waals surface area contributed by atoms with Crippen molar-refractivity contribution in [2.24, 2.45) is 5.73 Å². The second-order valence-corrected chi connectivity index (χ2v) is 8.22. The second kappa shape index (κ2) is 13.7. The molecule has 0 spiro atoms. The molecule has 1 saturated heterocycles. The summed E-state index contributed by atoms with van der Waals surface area (Å²) in [6.45, 7) is 3.14. The van der Waals surface area contributed by atoms with Gasteiger partial charge in [-0.05, 0) is 6.42 Å². The molecule has 0 unspecified atom stereocenters. The lowest BCUT2D eigenvalue weighted by atomic mass is 10.1. The summed E-state index contributed by atoms with van der Waals surface area (Å²) in [4.78, 5) is 26.5. The molecule has 1 aliphatic heterocycles. The number of nitrogens with two attached hydrogens (primary N) is 1. The summed E-state index contributed by atoms with van der Waals surface area (Å²) in [6, 6.07) is 0. The Kier molecular flexibility index (Phi) is 11.4. The van der Waals surface area contributed by atoms with Gasteiger partial charge in [0.2, 0.25) is 0 Å². The monoisotopic (exact) mass is 425 g/mol. The van der Waals surface area contributed by atoms with Crippen LogP contribution in [-0.2, 0) is 16.1 Å². The SMILES string of the molecule is CCCCCCCCCCCCOCc1cn([C@H]2C[C@H](O)[C@@H](CN)O2)c(=O)[nH]c1=O. The minimum absolute atomic E-state index is 0.142. The zero-order valence-corrected chi connectivity index (χ0v) is 18.3.